The predicted octanol–water partition coefficient (Wildman–Crippen LogP) is 3.93. The van der Waals surface area contributed by atoms with Gasteiger partial charge in [0.25, 0.3) is 0 Å². The van der Waals surface area contributed by atoms with Gasteiger partial charge in [0.05, 0.1) is 0 Å². The summed E-state index contributed by atoms with van der Waals surface area (Å²) in [5.41, 5.74) is 6.68. The van der Waals surface area contributed by atoms with Gasteiger partial charge in [0, 0.05) is 5.92 Å². The zero-order chi connectivity index (χ0) is 9.54. The second-order valence-electron chi connectivity index (χ2n) is 4.40. The van der Waals surface area contributed by atoms with Crippen molar-refractivity contribution in [1.82, 2.24) is 0 Å². The van der Waals surface area contributed by atoms with Gasteiger partial charge in [-0.1, -0.05) is 42.4 Å². The second-order valence-corrected chi connectivity index (χ2v) is 4.40. The third-order valence-electron chi connectivity index (χ3n) is 3.74. The van der Waals surface area contributed by atoms with Gasteiger partial charge in [0.2, 0.25) is 0 Å². The first kappa shape index (κ1) is 8.28. The largest absolute Gasteiger partial charge is 0.0804 e. The minimum atomic E-state index is 0.684. The van der Waals surface area contributed by atoms with E-state index in [-0.39, 0.29) is 0 Å². The summed E-state index contributed by atoms with van der Waals surface area (Å²) in [6.45, 7) is 2.29. The molecule has 0 aromatic heterocycles. The molecule has 1 atom stereocenters. The van der Waals surface area contributed by atoms with E-state index in [9.17, 15) is 0 Å². The lowest BCUT2D eigenvalue weighted by Gasteiger charge is -2.16. The average molecular weight is 184 g/mol. The van der Waals surface area contributed by atoms with Gasteiger partial charge in [0.15, 0.2) is 0 Å². The molecule has 0 nitrogen and oxygen atoms in total. The number of rotatable bonds is 2. The van der Waals surface area contributed by atoms with Gasteiger partial charge in [-0.25, -0.2) is 0 Å². The van der Waals surface area contributed by atoms with Crippen LogP contribution in [0, 0.1) is 5.92 Å². The van der Waals surface area contributed by atoms with Crippen LogP contribution in [-0.4, -0.2) is 0 Å². The molecule has 0 heteroatoms. The van der Waals surface area contributed by atoms with Crippen molar-refractivity contribution in [2.45, 2.75) is 32.6 Å². The van der Waals surface area contributed by atoms with Crippen LogP contribution in [0.5, 0.6) is 0 Å². The Kier molecular flexibility index (Phi) is 1.76. The van der Waals surface area contributed by atoms with Crippen molar-refractivity contribution in [3.63, 3.8) is 0 Å². The lowest BCUT2D eigenvalue weighted by atomic mass is 9.88. The molecule has 3 rings (SSSR count). The number of hydrogen-bond acceptors (Lipinski definition) is 0. The summed E-state index contributed by atoms with van der Waals surface area (Å²) in [4.78, 5) is 0. The summed E-state index contributed by atoms with van der Waals surface area (Å²) < 4.78 is 0. The second kappa shape index (κ2) is 2.98. The van der Waals surface area contributed by atoms with E-state index in [0.717, 1.165) is 0 Å². The van der Waals surface area contributed by atoms with Crippen molar-refractivity contribution in [2.75, 3.05) is 0 Å². The van der Waals surface area contributed by atoms with E-state index in [1.54, 1.807) is 22.3 Å². The number of fused-ring (bicyclic) bond motifs is 1. The van der Waals surface area contributed by atoms with Gasteiger partial charge >= 0.3 is 0 Å². The third kappa shape index (κ3) is 1.00. The predicted molar refractivity (Wildman–Crippen MR) is 60.0 cm³/mol. The quantitative estimate of drug-likeness (QED) is 0.610. The number of allylic oxidation sites excluding steroid dienone is 8. The van der Waals surface area contributed by atoms with Gasteiger partial charge in [-0.05, 0) is 36.8 Å². The Morgan fingerprint density at radius 3 is 2.93 bits per heavy atom. The smallest absolute Gasteiger partial charge is 0.0205 e. The molecule has 0 heterocycles. The summed E-state index contributed by atoms with van der Waals surface area (Å²) in [7, 11) is 0. The van der Waals surface area contributed by atoms with Crippen LogP contribution in [0.15, 0.2) is 46.6 Å². The van der Waals surface area contributed by atoms with Crippen LogP contribution >= 0.6 is 0 Å². The van der Waals surface area contributed by atoms with Crippen LogP contribution < -0.4 is 0 Å². The topological polar surface area (TPSA) is 0 Å². The van der Waals surface area contributed by atoms with E-state index in [4.69, 9.17) is 0 Å². The highest BCUT2D eigenvalue weighted by Crippen LogP contribution is 2.48. The minimum absolute atomic E-state index is 0.684. The van der Waals surface area contributed by atoms with Crippen LogP contribution in [-0.2, 0) is 0 Å². The highest BCUT2D eigenvalue weighted by Gasteiger charge is 2.32. The van der Waals surface area contributed by atoms with Gasteiger partial charge in [0.1, 0.15) is 0 Å². The highest BCUT2D eigenvalue weighted by atomic mass is 14.4. The van der Waals surface area contributed by atoms with E-state index < -0.39 is 0 Å². The molecule has 0 spiro atoms. The first-order valence-corrected chi connectivity index (χ1v) is 5.68. The molecule has 0 amide bonds. The van der Waals surface area contributed by atoms with Gasteiger partial charge < -0.3 is 0 Å². The van der Waals surface area contributed by atoms with Gasteiger partial charge in [-0.2, -0.15) is 0 Å². The van der Waals surface area contributed by atoms with Crippen LogP contribution in [0.2, 0.25) is 0 Å². The van der Waals surface area contributed by atoms with Crippen LogP contribution in [0.25, 0.3) is 0 Å². The van der Waals surface area contributed by atoms with E-state index in [1.807, 2.05) is 0 Å². The summed E-state index contributed by atoms with van der Waals surface area (Å²) in [5, 5.41) is 0. The van der Waals surface area contributed by atoms with Crippen molar-refractivity contribution >= 4 is 0 Å². The van der Waals surface area contributed by atoms with E-state index >= 15 is 0 Å². The molecule has 0 aromatic carbocycles. The standard InChI is InChI=1S/C14H16/c1-2-12-11-7-8-13(12)14(9-11)10-5-3-4-6-10/h3-5,9,14H,2,6-8H2,1H3. The summed E-state index contributed by atoms with van der Waals surface area (Å²) in [6.07, 6.45) is 14.3. The molecule has 3 aliphatic carbocycles. The average Bonchev–Trinajstić information content (AvgIpc) is 2.92. The molecule has 14 heavy (non-hydrogen) atoms. The zero-order valence-corrected chi connectivity index (χ0v) is 8.72. The fraction of sp³-hybridized carbons (Fsp3) is 0.429. The van der Waals surface area contributed by atoms with Gasteiger partial charge in [-0.15, -0.1) is 0 Å². The fourth-order valence-electron chi connectivity index (χ4n) is 3.09. The maximum atomic E-state index is 2.51. The zero-order valence-electron chi connectivity index (χ0n) is 8.72. The first-order chi connectivity index (χ1) is 6.90. The van der Waals surface area contributed by atoms with Crippen molar-refractivity contribution < 1.29 is 0 Å². The maximum Gasteiger partial charge on any atom is 0.0205 e. The normalized spacial score (nSPS) is 28.8. The van der Waals surface area contributed by atoms with Crippen LogP contribution in [0.1, 0.15) is 32.6 Å². The molecule has 0 aliphatic heterocycles. The summed E-state index contributed by atoms with van der Waals surface area (Å²) in [6, 6.07) is 0. The molecule has 72 valence electrons. The molecule has 0 radical (unpaired) electrons. The number of hydrogen-bond donors (Lipinski definition) is 0. The summed E-state index contributed by atoms with van der Waals surface area (Å²) in [5.74, 6) is 0.684. The molecule has 2 bridgehead atoms. The van der Waals surface area contributed by atoms with E-state index in [1.165, 1.54) is 25.7 Å². The lowest BCUT2D eigenvalue weighted by Crippen LogP contribution is -2.02. The molecule has 1 unspecified atom stereocenters. The molecule has 3 aliphatic rings. The molecule has 0 saturated carbocycles. The highest BCUT2D eigenvalue weighted by molar-refractivity contribution is 5.54. The molecule has 0 aromatic rings. The Bertz CT molecular complexity index is 388. The Labute approximate surface area is 85.7 Å². The summed E-state index contributed by atoms with van der Waals surface area (Å²) >= 11 is 0. The fourth-order valence-corrected chi connectivity index (χ4v) is 3.09. The first-order valence-electron chi connectivity index (χ1n) is 5.68. The maximum absolute atomic E-state index is 2.51. The third-order valence-corrected chi connectivity index (χ3v) is 3.74. The van der Waals surface area contributed by atoms with Crippen LogP contribution in [0.3, 0.4) is 0 Å². The van der Waals surface area contributed by atoms with E-state index in [0.29, 0.717) is 5.92 Å². The van der Waals surface area contributed by atoms with Crippen molar-refractivity contribution in [1.29, 1.82) is 0 Å². The Morgan fingerprint density at radius 2 is 2.29 bits per heavy atom. The van der Waals surface area contributed by atoms with Crippen molar-refractivity contribution in [2.24, 2.45) is 5.92 Å². The minimum Gasteiger partial charge on any atom is -0.0804 e. The molecular formula is C14H16. The Hall–Kier alpha value is -1.04. The van der Waals surface area contributed by atoms with Gasteiger partial charge in [-0.3, -0.25) is 0 Å². The molecule has 0 saturated heterocycles. The Morgan fingerprint density at radius 1 is 1.36 bits per heavy atom. The van der Waals surface area contributed by atoms with Crippen molar-refractivity contribution in [3.8, 4) is 0 Å². The molecule has 0 fully saturated rings. The molecule has 0 N–H and O–H groups in total. The van der Waals surface area contributed by atoms with E-state index in [2.05, 4.69) is 31.2 Å². The monoisotopic (exact) mass is 184 g/mol. The lowest BCUT2D eigenvalue weighted by molar-refractivity contribution is 0.782. The Balaban J connectivity index is 1.95. The van der Waals surface area contributed by atoms with Crippen LogP contribution in [0.4, 0.5) is 0 Å². The SMILES string of the molecule is CCC1=C2CCC1=CC2C1=CC=CC1. The van der Waals surface area contributed by atoms with Crippen molar-refractivity contribution in [3.05, 3.63) is 46.6 Å². The molecular weight excluding hydrogens is 168 g/mol.